The van der Waals surface area contributed by atoms with E-state index in [1.807, 2.05) is 5.48 Å². The van der Waals surface area contributed by atoms with E-state index in [2.05, 4.69) is 9.57 Å². The number of carbonyl (C=O) groups is 2. The van der Waals surface area contributed by atoms with Crippen LogP contribution in [0.15, 0.2) is 0 Å². The summed E-state index contributed by atoms with van der Waals surface area (Å²) in [5.41, 5.74) is 1.89. The number of rotatable bonds is 4. The van der Waals surface area contributed by atoms with Crippen molar-refractivity contribution in [1.29, 1.82) is 0 Å². The molecule has 0 atom stereocenters. The summed E-state index contributed by atoms with van der Waals surface area (Å²) in [5, 5.41) is 0. The maximum atomic E-state index is 10.3. The Bertz CT molecular complexity index is 114. The van der Waals surface area contributed by atoms with E-state index >= 15 is 0 Å². The number of hydrogen-bond donors (Lipinski definition) is 1. The van der Waals surface area contributed by atoms with Crippen LogP contribution in [0, 0.1) is 0 Å². The van der Waals surface area contributed by atoms with Gasteiger partial charge in [0.05, 0.1) is 6.61 Å². The molecule has 0 saturated carbocycles. The quantitative estimate of drug-likeness (QED) is 0.341. The summed E-state index contributed by atoms with van der Waals surface area (Å²) in [6.45, 7) is 1.77. The Kier molecular flexibility index (Phi) is 5.36. The van der Waals surface area contributed by atoms with Gasteiger partial charge in [-0.2, -0.15) is 5.48 Å². The second-order valence-corrected chi connectivity index (χ2v) is 1.30. The van der Waals surface area contributed by atoms with Crippen LogP contribution in [-0.2, 0) is 14.4 Å². The molecule has 1 amide bonds. The molecule has 0 aromatic heterocycles. The molecule has 0 bridgehead atoms. The summed E-state index contributed by atoms with van der Waals surface area (Å²) in [7, 11) is 0. The molecule has 0 fully saturated rings. The van der Waals surface area contributed by atoms with E-state index < -0.39 is 6.09 Å². The van der Waals surface area contributed by atoms with Crippen LogP contribution in [0.2, 0.25) is 0 Å². The normalized spacial score (nSPS) is 8.50. The fraction of sp³-hybridized carbons (Fsp3) is 0.600. The van der Waals surface area contributed by atoms with Gasteiger partial charge < -0.3 is 9.53 Å². The highest BCUT2D eigenvalue weighted by molar-refractivity contribution is 5.65. The highest BCUT2D eigenvalue weighted by atomic mass is 16.7. The third-order valence-electron chi connectivity index (χ3n) is 0.582. The summed E-state index contributed by atoms with van der Waals surface area (Å²) in [4.78, 5) is 24.3. The topological polar surface area (TPSA) is 64.6 Å². The second-order valence-electron chi connectivity index (χ2n) is 1.30. The minimum atomic E-state index is -0.690. The molecule has 0 spiro atoms. The molecule has 10 heavy (non-hydrogen) atoms. The van der Waals surface area contributed by atoms with Crippen LogP contribution in [0.4, 0.5) is 4.79 Å². The van der Waals surface area contributed by atoms with Gasteiger partial charge in [0, 0.05) is 0 Å². The number of carbonyl (C=O) groups excluding carboxylic acids is 2. The Balaban J connectivity index is 3.13. The highest BCUT2D eigenvalue weighted by Gasteiger charge is 1.96. The van der Waals surface area contributed by atoms with E-state index in [1.165, 1.54) is 0 Å². The lowest BCUT2D eigenvalue weighted by Gasteiger charge is -2.01. The van der Waals surface area contributed by atoms with E-state index in [-0.39, 0.29) is 13.2 Å². The standard InChI is InChI=1S/C5H9NO4/c1-2-9-5(8)6-10-4-3-7/h3H,2,4H2,1H3,(H,6,8). The Morgan fingerprint density at radius 2 is 2.40 bits per heavy atom. The van der Waals surface area contributed by atoms with Gasteiger partial charge in [0.2, 0.25) is 0 Å². The first-order chi connectivity index (χ1) is 4.81. The van der Waals surface area contributed by atoms with Gasteiger partial charge in [0.1, 0.15) is 12.9 Å². The predicted octanol–water partition coefficient (Wildman–Crippen LogP) is -0.137. The minimum absolute atomic E-state index is 0.168. The maximum Gasteiger partial charge on any atom is 0.431 e. The van der Waals surface area contributed by atoms with Gasteiger partial charge in [-0.1, -0.05) is 0 Å². The van der Waals surface area contributed by atoms with Gasteiger partial charge in [-0.25, -0.2) is 4.79 Å². The van der Waals surface area contributed by atoms with Crippen LogP contribution < -0.4 is 5.48 Å². The minimum Gasteiger partial charge on any atom is -0.448 e. The number of hydroxylamine groups is 1. The molecule has 5 heteroatoms. The van der Waals surface area contributed by atoms with Crippen molar-refractivity contribution in [2.45, 2.75) is 6.92 Å². The maximum absolute atomic E-state index is 10.3. The van der Waals surface area contributed by atoms with Crippen LogP contribution in [0.5, 0.6) is 0 Å². The van der Waals surface area contributed by atoms with Crippen LogP contribution in [0.1, 0.15) is 6.92 Å². The van der Waals surface area contributed by atoms with Gasteiger partial charge in [-0.15, -0.1) is 0 Å². The SMILES string of the molecule is CCOC(=O)NOCC=O. The Morgan fingerprint density at radius 3 is 2.90 bits per heavy atom. The number of aldehydes is 1. The smallest absolute Gasteiger partial charge is 0.431 e. The molecule has 0 radical (unpaired) electrons. The molecular formula is C5H9NO4. The van der Waals surface area contributed by atoms with Crippen molar-refractivity contribution < 1.29 is 19.2 Å². The zero-order valence-electron chi connectivity index (χ0n) is 5.62. The van der Waals surface area contributed by atoms with E-state index in [1.54, 1.807) is 6.92 Å². The average molecular weight is 147 g/mol. The lowest BCUT2D eigenvalue weighted by molar-refractivity contribution is -0.113. The number of nitrogens with one attached hydrogen (secondary N) is 1. The third-order valence-corrected chi connectivity index (χ3v) is 0.582. The fourth-order valence-corrected chi connectivity index (χ4v) is 0.295. The first-order valence-electron chi connectivity index (χ1n) is 2.79. The van der Waals surface area contributed by atoms with Gasteiger partial charge >= 0.3 is 6.09 Å². The fourth-order valence-electron chi connectivity index (χ4n) is 0.295. The number of ether oxygens (including phenoxy) is 1. The summed E-state index contributed by atoms with van der Waals surface area (Å²) in [6.07, 6.45) is -0.170. The first-order valence-corrected chi connectivity index (χ1v) is 2.79. The van der Waals surface area contributed by atoms with Crippen molar-refractivity contribution in [3.8, 4) is 0 Å². The van der Waals surface area contributed by atoms with Crippen LogP contribution in [0.25, 0.3) is 0 Å². The first kappa shape index (κ1) is 8.90. The zero-order chi connectivity index (χ0) is 7.82. The van der Waals surface area contributed by atoms with Gasteiger partial charge in [-0.05, 0) is 6.92 Å². The van der Waals surface area contributed by atoms with Crippen LogP contribution in [0.3, 0.4) is 0 Å². The van der Waals surface area contributed by atoms with Crippen LogP contribution >= 0.6 is 0 Å². The highest BCUT2D eigenvalue weighted by Crippen LogP contribution is 1.74. The zero-order valence-corrected chi connectivity index (χ0v) is 5.62. The average Bonchev–Trinajstić information content (AvgIpc) is 1.89. The van der Waals surface area contributed by atoms with E-state index in [9.17, 15) is 9.59 Å². The lowest BCUT2D eigenvalue weighted by atomic mass is 10.8. The molecule has 58 valence electrons. The van der Waals surface area contributed by atoms with Crippen molar-refractivity contribution in [1.82, 2.24) is 5.48 Å². The summed E-state index contributed by atoms with van der Waals surface area (Å²) in [5.74, 6) is 0. The van der Waals surface area contributed by atoms with E-state index in [0.29, 0.717) is 6.29 Å². The summed E-state index contributed by atoms with van der Waals surface area (Å²) in [6, 6.07) is 0. The van der Waals surface area contributed by atoms with E-state index in [4.69, 9.17) is 0 Å². The molecule has 0 aromatic carbocycles. The second kappa shape index (κ2) is 6.03. The molecule has 0 saturated heterocycles. The largest absolute Gasteiger partial charge is 0.448 e. The molecule has 0 aliphatic carbocycles. The monoisotopic (exact) mass is 147 g/mol. The molecule has 0 unspecified atom stereocenters. The van der Waals surface area contributed by atoms with Crippen molar-refractivity contribution in [2.24, 2.45) is 0 Å². The molecule has 0 aliphatic heterocycles. The molecule has 1 N–H and O–H groups in total. The Morgan fingerprint density at radius 1 is 1.70 bits per heavy atom. The summed E-state index contributed by atoms with van der Waals surface area (Å²) >= 11 is 0. The molecule has 0 aliphatic rings. The number of hydrogen-bond acceptors (Lipinski definition) is 4. The van der Waals surface area contributed by atoms with Gasteiger partial charge in [0.25, 0.3) is 0 Å². The predicted molar refractivity (Wildman–Crippen MR) is 32.2 cm³/mol. The Labute approximate surface area is 58.3 Å². The van der Waals surface area contributed by atoms with E-state index in [0.717, 1.165) is 0 Å². The molecule has 0 aromatic rings. The molecule has 0 heterocycles. The molecule has 5 nitrogen and oxygen atoms in total. The van der Waals surface area contributed by atoms with Crippen molar-refractivity contribution >= 4 is 12.4 Å². The van der Waals surface area contributed by atoms with Crippen molar-refractivity contribution in [3.63, 3.8) is 0 Å². The number of amides is 1. The van der Waals surface area contributed by atoms with Crippen molar-refractivity contribution in [2.75, 3.05) is 13.2 Å². The van der Waals surface area contributed by atoms with Crippen LogP contribution in [-0.4, -0.2) is 25.6 Å². The third kappa shape index (κ3) is 5.04. The molecular weight excluding hydrogens is 138 g/mol. The van der Waals surface area contributed by atoms with Crippen molar-refractivity contribution in [3.05, 3.63) is 0 Å². The Hall–Kier alpha value is -1.10. The van der Waals surface area contributed by atoms with Gasteiger partial charge in [0.15, 0.2) is 0 Å². The molecule has 0 rings (SSSR count). The summed E-state index contributed by atoms with van der Waals surface area (Å²) < 4.78 is 4.40. The van der Waals surface area contributed by atoms with Gasteiger partial charge in [-0.3, -0.25) is 4.84 Å². The lowest BCUT2D eigenvalue weighted by Crippen LogP contribution is -2.25.